The lowest BCUT2D eigenvalue weighted by Crippen LogP contribution is -2.38. The fourth-order valence-corrected chi connectivity index (χ4v) is 2.17. The zero-order valence-corrected chi connectivity index (χ0v) is 10.5. The van der Waals surface area contributed by atoms with Crippen LogP contribution in [0.4, 0.5) is 0 Å². The van der Waals surface area contributed by atoms with Gasteiger partial charge in [0.05, 0.1) is 0 Å². The number of amides is 1. The molecule has 0 saturated carbocycles. The molecule has 0 aromatic heterocycles. The number of carbonyl (C=O) groups excluding carboxylic acids is 2. The molecule has 0 aromatic carbocycles. The number of hydrogen-bond donors (Lipinski definition) is 0. The molecular formula is C13H23NO2. The maximum absolute atomic E-state index is 11.8. The lowest BCUT2D eigenvalue weighted by Gasteiger charge is -2.31. The van der Waals surface area contributed by atoms with E-state index in [4.69, 9.17) is 0 Å². The van der Waals surface area contributed by atoms with Gasteiger partial charge in [0, 0.05) is 32.4 Å². The van der Waals surface area contributed by atoms with Crippen LogP contribution in [0.25, 0.3) is 0 Å². The lowest BCUT2D eigenvalue weighted by molar-refractivity contribution is -0.134. The summed E-state index contributed by atoms with van der Waals surface area (Å²) in [6, 6.07) is 0. The van der Waals surface area contributed by atoms with E-state index >= 15 is 0 Å². The third-order valence-electron chi connectivity index (χ3n) is 3.56. The van der Waals surface area contributed by atoms with Crippen LogP contribution in [0.3, 0.4) is 0 Å². The molecule has 1 amide bonds. The van der Waals surface area contributed by atoms with Gasteiger partial charge >= 0.3 is 0 Å². The summed E-state index contributed by atoms with van der Waals surface area (Å²) in [7, 11) is 0. The molecule has 0 aromatic rings. The molecule has 0 N–H and O–H groups in total. The number of carbonyl (C=O) groups is 2. The summed E-state index contributed by atoms with van der Waals surface area (Å²) in [5.41, 5.74) is 0. The average molecular weight is 225 g/mol. The number of likely N-dealkylation sites (tertiary alicyclic amines) is 1. The van der Waals surface area contributed by atoms with Gasteiger partial charge in [-0.05, 0) is 18.8 Å². The van der Waals surface area contributed by atoms with Gasteiger partial charge in [0.15, 0.2) is 0 Å². The van der Waals surface area contributed by atoms with E-state index in [2.05, 4.69) is 6.92 Å². The van der Waals surface area contributed by atoms with E-state index in [-0.39, 0.29) is 11.7 Å². The van der Waals surface area contributed by atoms with Crippen LogP contribution in [-0.2, 0) is 9.59 Å². The summed E-state index contributed by atoms with van der Waals surface area (Å²) in [6.45, 7) is 5.83. The molecule has 1 heterocycles. The largest absolute Gasteiger partial charge is 0.343 e. The van der Waals surface area contributed by atoms with Gasteiger partial charge in [0.25, 0.3) is 0 Å². The number of nitrogens with zero attached hydrogens (tertiary/aromatic N) is 1. The molecule has 0 bridgehead atoms. The van der Waals surface area contributed by atoms with Crippen LogP contribution in [0.1, 0.15) is 52.4 Å². The van der Waals surface area contributed by atoms with E-state index in [0.29, 0.717) is 19.3 Å². The minimum Gasteiger partial charge on any atom is -0.343 e. The van der Waals surface area contributed by atoms with Crippen molar-refractivity contribution in [1.82, 2.24) is 4.90 Å². The Bertz CT molecular complexity index is 242. The molecular weight excluding hydrogens is 202 g/mol. The van der Waals surface area contributed by atoms with Gasteiger partial charge in [-0.25, -0.2) is 0 Å². The van der Waals surface area contributed by atoms with Gasteiger partial charge in [-0.1, -0.05) is 20.3 Å². The highest BCUT2D eigenvalue weighted by molar-refractivity contribution is 5.84. The van der Waals surface area contributed by atoms with Crippen molar-refractivity contribution in [1.29, 1.82) is 0 Å². The van der Waals surface area contributed by atoms with E-state index < -0.39 is 0 Å². The van der Waals surface area contributed by atoms with E-state index in [0.717, 1.165) is 31.8 Å². The number of Topliss-reactive ketones (excluding diaryl/α,β-unsaturated/α-hetero) is 1. The Labute approximate surface area is 98.2 Å². The summed E-state index contributed by atoms with van der Waals surface area (Å²) in [4.78, 5) is 24.8. The first kappa shape index (κ1) is 13.2. The first-order chi connectivity index (χ1) is 7.67. The van der Waals surface area contributed by atoms with Crippen molar-refractivity contribution in [2.24, 2.45) is 5.92 Å². The normalized spacial score (nSPS) is 17.5. The predicted molar refractivity (Wildman–Crippen MR) is 64.1 cm³/mol. The minimum absolute atomic E-state index is 0.163. The predicted octanol–water partition coefficient (Wildman–Crippen LogP) is 2.39. The quantitative estimate of drug-likeness (QED) is 0.720. The van der Waals surface area contributed by atoms with Crippen LogP contribution in [0.5, 0.6) is 0 Å². The highest BCUT2D eigenvalue weighted by Crippen LogP contribution is 2.20. The first-order valence-electron chi connectivity index (χ1n) is 6.46. The second-order valence-electron chi connectivity index (χ2n) is 4.62. The van der Waals surface area contributed by atoms with Crippen molar-refractivity contribution >= 4 is 11.7 Å². The maximum Gasteiger partial charge on any atom is 0.223 e. The highest BCUT2D eigenvalue weighted by atomic mass is 16.2. The second-order valence-corrected chi connectivity index (χ2v) is 4.62. The van der Waals surface area contributed by atoms with Gasteiger partial charge in [0.1, 0.15) is 5.78 Å². The Hall–Kier alpha value is -0.860. The Morgan fingerprint density at radius 3 is 2.25 bits per heavy atom. The summed E-state index contributed by atoms with van der Waals surface area (Å²) >= 11 is 0. The number of piperidine rings is 1. The van der Waals surface area contributed by atoms with E-state index in [1.54, 1.807) is 0 Å². The fraction of sp³-hybridized carbons (Fsp3) is 0.846. The molecule has 1 aliphatic heterocycles. The Morgan fingerprint density at radius 1 is 1.12 bits per heavy atom. The van der Waals surface area contributed by atoms with Crippen molar-refractivity contribution < 1.29 is 9.59 Å². The smallest absolute Gasteiger partial charge is 0.223 e. The van der Waals surface area contributed by atoms with Crippen LogP contribution in [0, 0.1) is 5.92 Å². The Morgan fingerprint density at radius 2 is 1.75 bits per heavy atom. The first-order valence-corrected chi connectivity index (χ1v) is 6.46. The second kappa shape index (κ2) is 6.66. The molecule has 16 heavy (non-hydrogen) atoms. The van der Waals surface area contributed by atoms with Crippen LogP contribution in [-0.4, -0.2) is 29.7 Å². The zero-order chi connectivity index (χ0) is 12.0. The Balaban J connectivity index is 2.25. The van der Waals surface area contributed by atoms with Crippen molar-refractivity contribution in [3.05, 3.63) is 0 Å². The fourth-order valence-electron chi connectivity index (χ4n) is 2.17. The topological polar surface area (TPSA) is 37.4 Å². The number of hydrogen-bond acceptors (Lipinski definition) is 2. The van der Waals surface area contributed by atoms with Crippen molar-refractivity contribution in [2.45, 2.75) is 52.4 Å². The lowest BCUT2D eigenvalue weighted by atomic mass is 9.94. The molecule has 0 unspecified atom stereocenters. The van der Waals surface area contributed by atoms with E-state index in [1.807, 2.05) is 11.8 Å². The molecule has 1 rings (SSSR count). The number of ketones is 1. The molecule has 0 atom stereocenters. The third kappa shape index (κ3) is 3.95. The van der Waals surface area contributed by atoms with Crippen LogP contribution < -0.4 is 0 Å². The molecule has 3 heteroatoms. The van der Waals surface area contributed by atoms with Crippen LogP contribution in [0.15, 0.2) is 0 Å². The minimum atomic E-state index is 0.163. The molecule has 92 valence electrons. The standard InChI is InChI=1S/C13H23NO2/c1-3-11-7-9-14(10-8-11)13(16)6-5-12(15)4-2/h11H,3-10H2,1-2H3. The van der Waals surface area contributed by atoms with Gasteiger partial charge in [0.2, 0.25) is 5.91 Å². The number of rotatable bonds is 5. The summed E-state index contributed by atoms with van der Waals surface area (Å²) in [5, 5.41) is 0. The molecule has 0 aliphatic carbocycles. The SMILES string of the molecule is CCC(=O)CCC(=O)N1CCC(CC)CC1. The third-order valence-corrected chi connectivity index (χ3v) is 3.56. The van der Waals surface area contributed by atoms with Crippen molar-refractivity contribution in [3.8, 4) is 0 Å². The average Bonchev–Trinajstić information content (AvgIpc) is 2.35. The summed E-state index contributed by atoms with van der Waals surface area (Å²) < 4.78 is 0. The van der Waals surface area contributed by atoms with E-state index in [1.165, 1.54) is 6.42 Å². The van der Waals surface area contributed by atoms with Crippen LogP contribution in [0.2, 0.25) is 0 Å². The van der Waals surface area contributed by atoms with Gasteiger partial charge in [-0.2, -0.15) is 0 Å². The highest BCUT2D eigenvalue weighted by Gasteiger charge is 2.21. The molecule has 1 fully saturated rings. The molecule has 1 saturated heterocycles. The van der Waals surface area contributed by atoms with Gasteiger partial charge in [-0.15, -0.1) is 0 Å². The van der Waals surface area contributed by atoms with Gasteiger partial charge in [-0.3, -0.25) is 9.59 Å². The monoisotopic (exact) mass is 225 g/mol. The van der Waals surface area contributed by atoms with Gasteiger partial charge < -0.3 is 4.90 Å². The molecule has 0 spiro atoms. The van der Waals surface area contributed by atoms with E-state index in [9.17, 15) is 9.59 Å². The summed E-state index contributed by atoms with van der Waals surface area (Å²) in [6.07, 6.45) is 4.85. The molecule has 1 aliphatic rings. The summed E-state index contributed by atoms with van der Waals surface area (Å²) in [5.74, 6) is 1.15. The van der Waals surface area contributed by atoms with Crippen molar-refractivity contribution in [2.75, 3.05) is 13.1 Å². The maximum atomic E-state index is 11.8. The van der Waals surface area contributed by atoms with Crippen LogP contribution >= 0.6 is 0 Å². The zero-order valence-electron chi connectivity index (χ0n) is 10.5. The van der Waals surface area contributed by atoms with Crippen molar-refractivity contribution in [3.63, 3.8) is 0 Å². The molecule has 3 nitrogen and oxygen atoms in total. The molecule has 0 radical (unpaired) electrons. The Kier molecular flexibility index (Phi) is 5.50.